The number of alkyl carbamates (subject to hydrolysis) is 1. The summed E-state index contributed by atoms with van der Waals surface area (Å²) in [5.41, 5.74) is 6.16. The van der Waals surface area contributed by atoms with Gasteiger partial charge in [-0.3, -0.25) is 9.32 Å². The molecule has 1 amide bonds. The van der Waals surface area contributed by atoms with E-state index in [9.17, 15) is 14.2 Å². The van der Waals surface area contributed by atoms with Crippen LogP contribution >= 0.6 is 7.75 Å². The van der Waals surface area contributed by atoms with Crippen LogP contribution in [0.3, 0.4) is 0 Å². The maximum atomic E-state index is 14.1. The van der Waals surface area contributed by atoms with Gasteiger partial charge >= 0.3 is 19.8 Å². The number of aromatic nitrogens is 3. The van der Waals surface area contributed by atoms with Gasteiger partial charge in [-0.2, -0.15) is 10.2 Å². The molecule has 4 N–H and O–H groups in total. The van der Waals surface area contributed by atoms with Gasteiger partial charge in [-0.05, 0) is 103 Å². The molecule has 4 atom stereocenters. The van der Waals surface area contributed by atoms with Gasteiger partial charge in [0.05, 0.1) is 24.5 Å². The van der Waals surface area contributed by atoms with Crippen molar-refractivity contribution in [3.8, 4) is 5.75 Å². The van der Waals surface area contributed by atoms with Crippen LogP contribution in [0, 0.1) is 5.92 Å². The van der Waals surface area contributed by atoms with Crippen molar-refractivity contribution in [2.45, 2.75) is 103 Å². The Morgan fingerprint density at radius 3 is 2.56 bits per heavy atom. The van der Waals surface area contributed by atoms with Gasteiger partial charge in [0.1, 0.15) is 35.3 Å². The number of fused-ring (bicyclic) bond motifs is 1. The number of para-hydroxylation sites is 1. The molecule has 1 saturated heterocycles. The number of ether oxygens (including phenoxy) is 3. The number of hydrogen-bond acceptors (Lipinski definition) is 11. The number of nitrogens with two attached hydrogens (primary N) is 1. The van der Waals surface area contributed by atoms with E-state index >= 15 is 0 Å². The average molecular weight is 687 g/mol. The van der Waals surface area contributed by atoms with Crippen LogP contribution in [0.25, 0.3) is 5.52 Å². The van der Waals surface area contributed by atoms with Crippen molar-refractivity contribution in [1.29, 1.82) is 0 Å². The molecule has 2 aromatic heterocycles. The van der Waals surface area contributed by atoms with Crippen molar-refractivity contribution < 1.29 is 37.4 Å². The second kappa shape index (κ2) is 14.8. The number of carbonyl (C=O) groups is 2. The number of anilines is 1. The fourth-order valence-electron chi connectivity index (χ4n) is 5.92. The highest BCUT2D eigenvalue weighted by Gasteiger charge is 2.42. The molecule has 14 nitrogen and oxygen atoms in total. The summed E-state index contributed by atoms with van der Waals surface area (Å²) in [5.74, 6) is 0.264. The zero-order chi connectivity index (χ0) is 34.5. The van der Waals surface area contributed by atoms with Gasteiger partial charge < -0.3 is 29.8 Å². The number of hydrogen-bond donors (Lipinski definition) is 3. The van der Waals surface area contributed by atoms with E-state index in [1.807, 2.05) is 45.9 Å². The van der Waals surface area contributed by atoms with Gasteiger partial charge in [-0.1, -0.05) is 18.2 Å². The fourth-order valence-corrected chi connectivity index (χ4v) is 7.53. The maximum Gasteiger partial charge on any atom is 0.459 e. The Balaban J connectivity index is 1.15. The third-order valence-electron chi connectivity index (χ3n) is 8.45. The normalized spacial score (nSPS) is 24.8. The van der Waals surface area contributed by atoms with Crippen LogP contribution in [0.5, 0.6) is 5.75 Å². The number of benzene rings is 1. The van der Waals surface area contributed by atoms with Gasteiger partial charge in [-0.15, -0.1) is 0 Å². The molecule has 5 rings (SSSR count). The van der Waals surface area contributed by atoms with Gasteiger partial charge in [0.15, 0.2) is 5.82 Å². The van der Waals surface area contributed by atoms with Crippen molar-refractivity contribution in [2.75, 3.05) is 18.9 Å². The second-order valence-corrected chi connectivity index (χ2v) is 15.5. The molecule has 0 spiro atoms. The lowest BCUT2D eigenvalue weighted by Crippen LogP contribution is -2.41. The number of amides is 1. The van der Waals surface area contributed by atoms with E-state index in [1.165, 1.54) is 6.33 Å². The highest BCUT2D eigenvalue weighted by Crippen LogP contribution is 2.48. The molecule has 1 saturated carbocycles. The van der Waals surface area contributed by atoms with E-state index in [4.69, 9.17) is 29.0 Å². The summed E-state index contributed by atoms with van der Waals surface area (Å²) < 4.78 is 45.1. The molecule has 15 heteroatoms. The van der Waals surface area contributed by atoms with E-state index in [2.05, 4.69) is 20.5 Å². The molecule has 2 aliphatic rings. The van der Waals surface area contributed by atoms with Gasteiger partial charge in [0.25, 0.3) is 0 Å². The Bertz CT molecular complexity index is 1610. The molecule has 1 aromatic carbocycles. The summed E-state index contributed by atoms with van der Waals surface area (Å²) in [5, 5.41) is 10.0. The Morgan fingerprint density at radius 2 is 1.85 bits per heavy atom. The van der Waals surface area contributed by atoms with E-state index in [0.717, 1.165) is 31.4 Å². The summed E-state index contributed by atoms with van der Waals surface area (Å²) in [7, 11) is -4.09. The summed E-state index contributed by atoms with van der Waals surface area (Å²) >= 11 is 0. The molecular weight excluding hydrogens is 639 g/mol. The Kier molecular flexibility index (Phi) is 11.0. The molecule has 3 aromatic rings. The molecule has 0 radical (unpaired) electrons. The molecule has 1 aliphatic heterocycles. The van der Waals surface area contributed by atoms with Crippen LogP contribution in [0.4, 0.5) is 10.6 Å². The first-order valence-corrected chi connectivity index (χ1v) is 17.9. The molecule has 1 unspecified atom stereocenters. The monoisotopic (exact) mass is 686 g/mol. The van der Waals surface area contributed by atoms with Gasteiger partial charge in [-0.25, -0.2) is 18.9 Å². The van der Waals surface area contributed by atoms with Crippen molar-refractivity contribution in [1.82, 2.24) is 25.0 Å². The van der Waals surface area contributed by atoms with Gasteiger partial charge in [0, 0.05) is 6.04 Å². The summed E-state index contributed by atoms with van der Waals surface area (Å²) in [4.78, 5) is 29.2. The molecule has 3 heterocycles. The maximum absolute atomic E-state index is 14.1. The summed E-state index contributed by atoms with van der Waals surface area (Å²) in [6.45, 7) is 9.07. The first kappa shape index (κ1) is 35.6. The van der Waals surface area contributed by atoms with Crippen LogP contribution < -0.4 is 20.7 Å². The Hall–Kier alpha value is -3.71. The molecule has 48 heavy (non-hydrogen) atoms. The predicted molar refractivity (Wildman–Crippen MR) is 178 cm³/mol. The van der Waals surface area contributed by atoms with E-state index in [1.54, 1.807) is 35.7 Å². The lowest BCUT2D eigenvalue weighted by molar-refractivity contribution is -0.147. The molecule has 262 valence electrons. The minimum atomic E-state index is -4.09. The molecule has 1 aliphatic carbocycles. The number of nitrogens with one attached hydrogen (secondary N) is 2. The van der Waals surface area contributed by atoms with Crippen molar-refractivity contribution in [2.24, 2.45) is 5.92 Å². The molecule has 2 fully saturated rings. The summed E-state index contributed by atoms with van der Waals surface area (Å²) in [6.07, 6.45) is 5.05. The van der Waals surface area contributed by atoms with Crippen LogP contribution in [-0.2, 0) is 28.1 Å². The smallest absolute Gasteiger partial charge is 0.459 e. The van der Waals surface area contributed by atoms with E-state index in [0.29, 0.717) is 29.9 Å². The number of nitrogen functional groups attached to an aromatic ring is 1. The first-order chi connectivity index (χ1) is 22.7. The SMILES string of the molecule is C[C@H](NP(=O)(OC[C@]1(C)CC[C@H](c2ccc3c(N)ncnn23)O1)Oc1ccccc1)C(=O)OCC1CCC(NC(=O)OC(C)(C)C)CC1. The zero-order valence-electron chi connectivity index (χ0n) is 28.2. The van der Waals surface area contributed by atoms with Crippen LogP contribution in [0.1, 0.15) is 84.9 Å². The van der Waals surface area contributed by atoms with E-state index < -0.39 is 37.1 Å². The van der Waals surface area contributed by atoms with Crippen molar-refractivity contribution in [3.63, 3.8) is 0 Å². The summed E-state index contributed by atoms with van der Waals surface area (Å²) in [6, 6.07) is 11.4. The minimum absolute atomic E-state index is 0.0158. The number of nitrogens with zero attached hydrogens (tertiary/aromatic N) is 3. The lowest BCUT2D eigenvalue weighted by atomic mass is 9.86. The van der Waals surface area contributed by atoms with Gasteiger partial charge in [0.2, 0.25) is 0 Å². The number of esters is 1. The largest absolute Gasteiger partial charge is 0.464 e. The van der Waals surface area contributed by atoms with Crippen LogP contribution in [-0.4, -0.2) is 63.2 Å². The van der Waals surface area contributed by atoms with Crippen LogP contribution in [0.15, 0.2) is 48.8 Å². The molecular formula is C33H47N6O8P. The topological polar surface area (TPSA) is 178 Å². The Morgan fingerprint density at radius 1 is 1.12 bits per heavy atom. The van der Waals surface area contributed by atoms with Crippen molar-refractivity contribution >= 4 is 31.1 Å². The standard InChI is InChI=1S/C33H47N6O8P/c1-22(30(40)43-19-23-11-13-24(14-12-23)37-31(41)46-32(2,3)4)38-48(42,47-25-9-7-6-8-10-25)44-20-33(5)18-17-28(45-33)26-15-16-27-29(34)35-21-36-39(26)27/h6-10,15-16,21-24,28H,11-14,17-20H2,1-5H3,(H,37,41)(H,38,42)(H2,34,35,36)/t22-,23?,24?,28+,33-,48?/m0/s1. The first-order valence-electron chi connectivity index (χ1n) is 16.4. The number of carbonyl (C=O) groups excluding carboxylic acids is 2. The van der Waals surface area contributed by atoms with Crippen molar-refractivity contribution in [3.05, 3.63) is 54.5 Å². The minimum Gasteiger partial charge on any atom is -0.464 e. The highest BCUT2D eigenvalue weighted by molar-refractivity contribution is 7.52. The Labute approximate surface area is 281 Å². The van der Waals surface area contributed by atoms with Crippen LogP contribution in [0.2, 0.25) is 0 Å². The quantitative estimate of drug-likeness (QED) is 0.156. The average Bonchev–Trinajstić information content (AvgIpc) is 3.64. The highest BCUT2D eigenvalue weighted by atomic mass is 31.2. The third-order valence-corrected chi connectivity index (χ3v) is 10.1. The van der Waals surface area contributed by atoms with E-state index in [-0.39, 0.29) is 31.3 Å². The molecule has 0 bridgehead atoms. The lowest BCUT2D eigenvalue weighted by Gasteiger charge is -2.30. The third kappa shape index (κ3) is 9.46. The fraction of sp³-hybridized carbons (Fsp3) is 0.576. The zero-order valence-corrected chi connectivity index (χ0v) is 29.1. The predicted octanol–water partition coefficient (Wildman–Crippen LogP) is 5.73. The number of rotatable bonds is 12. The second-order valence-electron chi connectivity index (χ2n) is 13.8.